The molecule has 0 bridgehead atoms. The van der Waals surface area contributed by atoms with Crippen LogP contribution in [0.25, 0.3) is 0 Å². The first-order valence-electron chi connectivity index (χ1n) is 6.56. The fraction of sp³-hybridized carbons (Fsp3) is 0.467. The summed E-state index contributed by atoms with van der Waals surface area (Å²) in [6, 6.07) is 9.83. The van der Waals surface area contributed by atoms with Crippen molar-refractivity contribution in [3.8, 4) is 6.07 Å². The predicted molar refractivity (Wildman–Crippen MR) is 73.7 cm³/mol. The average molecular weight is 260 g/mol. The Morgan fingerprint density at radius 1 is 1.37 bits per heavy atom. The van der Waals surface area contributed by atoms with Crippen molar-refractivity contribution in [1.82, 2.24) is 4.90 Å². The van der Waals surface area contributed by atoms with E-state index < -0.39 is 5.97 Å². The molecule has 0 amide bonds. The standard InChI is InChI=1S/C15H20N2O2/c1-3-12-5-7-13(8-6-12)14(11-16)17(4-2)10-9-15(18)19/h5-8,14H,3-4,9-10H2,1-2H3,(H,18,19). The molecule has 0 aromatic heterocycles. The van der Waals surface area contributed by atoms with Crippen molar-refractivity contribution in [1.29, 1.82) is 5.26 Å². The van der Waals surface area contributed by atoms with Gasteiger partial charge in [-0.3, -0.25) is 9.69 Å². The van der Waals surface area contributed by atoms with E-state index in [1.807, 2.05) is 36.1 Å². The molecule has 1 atom stereocenters. The molecule has 1 rings (SSSR count). The maximum atomic E-state index is 10.6. The lowest BCUT2D eigenvalue weighted by molar-refractivity contribution is -0.137. The number of aliphatic carboxylic acids is 1. The highest BCUT2D eigenvalue weighted by atomic mass is 16.4. The summed E-state index contributed by atoms with van der Waals surface area (Å²) in [6.07, 6.45) is 1.02. The van der Waals surface area contributed by atoms with Crippen LogP contribution in [0, 0.1) is 11.3 Å². The second-order valence-corrected chi connectivity index (χ2v) is 4.40. The third-order valence-corrected chi connectivity index (χ3v) is 3.21. The molecular formula is C15H20N2O2. The molecule has 4 nitrogen and oxygen atoms in total. The van der Waals surface area contributed by atoms with E-state index in [1.165, 1.54) is 5.56 Å². The maximum absolute atomic E-state index is 10.6. The quantitative estimate of drug-likeness (QED) is 0.818. The molecule has 0 fully saturated rings. The summed E-state index contributed by atoms with van der Waals surface area (Å²) in [5.74, 6) is -0.837. The summed E-state index contributed by atoms with van der Waals surface area (Å²) in [7, 11) is 0. The number of nitrogens with zero attached hydrogens (tertiary/aromatic N) is 2. The van der Waals surface area contributed by atoms with Gasteiger partial charge in [-0.25, -0.2) is 0 Å². The predicted octanol–water partition coefficient (Wildman–Crippen LogP) is 2.61. The molecule has 1 unspecified atom stereocenters. The van der Waals surface area contributed by atoms with Crippen LogP contribution in [0.2, 0.25) is 0 Å². The first kappa shape index (κ1) is 15.2. The summed E-state index contributed by atoms with van der Waals surface area (Å²) in [4.78, 5) is 12.5. The Bertz CT molecular complexity index is 448. The molecule has 0 heterocycles. The molecule has 1 N–H and O–H groups in total. The molecule has 0 radical (unpaired) electrons. The second-order valence-electron chi connectivity index (χ2n) is 4.40. The van der Waals surface area contributed by atoms with Gasteiger partial charge in [0.2, 0.25) is 0 Å². The van der Waals surface area contributed by atoms with Crippen molar-refractivity contribution in [2.24, 2.45) is 0 Å². The van der Waals surface area contributed by atoms with Crippen LogP contribution in [-0.4, -0.2) is 29.1 Å². The van der Waals surface area contributed by atoms with Crippen LogP contribution < -0.4 is 0 Å². The van der Waals surface area contributed by atoms with Crippen LogP contribution in [0.5, 0.6) is 0 Å². The van der Waals surface area contributed by atoms with Crippen LogP contribution in [0.1, 0.15) is 37.4 Å². The van der Waals surface area contributed by atoms with E-state index in [9.17, 15) is 10.1 Å². The Balaban J connectivity index is 2.84. The molecule has 102 valence electrons. The molecule has 0 saturated carbocycles. The van der Waals surface area contributed by atoms with Crippen molar-refractivity contribution >= 4 is 5.97 Å². The van der Waals surface area contributed by atoms with Gasteiger partial charge >= 0.3 is 5.97 Å². The molecular weight excluding hydrogens is 240 g/mol. The molecule has 4 heteroatoms. The van der Waals surface area contributed by atoms with E-state index >= 15 is 0 Å². The molecule has 19 heavy (non-hydrogen) atoms. The molecule has 0 aliphatic heterocycles. The van der Waals surface area contributed by atoms with Crippen LogP contribution in [0.4, 0.5) is 0 Å². The molecule has 0 spiro atoms. The minimum Gasteiger partial charge on any atom is -0.481 e. The van der Waals surface area contributed by atoms with Crippen LogP contribution >= 0.6 is 0 Å². The number of nitriles is 1. The first-order chi connectivity index (χ1) is 9.12. The van der Waals surface area contributed by atoms with Gasteiger partial charge in [0.25, 0.3) is 0 Å². The number of carboxylic acid groups (broad SMARTS) is 1. The highest BCUT2D eigenvalue weighted by Gasteiger charge is 2.19. The third-order valence-electron chi connectivity index (χ3n) is 3.21. The highest BCUT2D eigenvalue weighted by Crippen LogP contribution is 2.20. The van der Waals surface area contributed by atoms with Crippen molar-refractivity contribution in [2.75, 3.05) is 13.1 Å². The van der Waals surface area contributed by atoms with Gasteiger partial charge in [0.1, 0.15) is 6.04 Å². The topological polar surface area (TPSA) is 64.3 Å². The molecule has 1 aromatic carbocycles. The summed E-state index contributed by atoms with van der Waals surface area (Å²) in [5, 5.41) is 18.1. The lowest BCUT2D eigenvalue weighted by atomic mass is 10.0. The van der Waals surface area contributed by atoms with E-state index in [0.717, 1.165) is 12.0 Å². The van der Waals surface area contributed by atoms with Crippen molar-refractivity contribution < 1.29 is 9.90 Å². The number of hydrogen-bond acceptors (Lipinski definition) is 3. The summed E-state index contributed by atoms with van der Waals surface area (Å²) >= 11 is 0. The second kappa shape index (κ2) is 7.55. The van der Waals surface area contributed by atoms with Crippen molar-refractivity contribution in [3.63, 3.8) is 0 Å². The average Bonchev–Trinajstić information content (AvgIpc) is 2.43. The zero-order valence-corrected chi connectivity index (χ0v) is 11.5. The largest absolute Gasteiger partial charge is 0.481 e. The summed E-state index contributed by atoms with van der Waals surface area (Å²) in [5.41, 5.74) is 2.15. The van der Waals surface area contributed by atoms with Gasteiger partial charge in [-0.1, -0.05) is 38.1 Å². The third kappa shape index (κ3) is 4.38. The summed E-state index contributed by atoms with van der Waals surface area (Å²) in [6.45, 7) is 5.06. The molecule has 0 aliphatic carbocycles. The van der Waals surface area contributed by atoms with Gasteiger partial charge in [0.15, 0.2) is 0 Å². The van der Waals surface area contributed by atoms with Gasteiger partial charge < -0.3 is 5.11 Å². The molecule has 1 aromatic rings. The Kier molecular flexibility index (Phi) is 6.04. The Hall–Kier alpha value is -1.86. The number of rotatable bonds is 7. The van der Waals surface area contributed by atoms with E-state index in [2.05, 4.69) is 13.0 Å². The number of benzene rings is 1. The zero-order valence-electron chi connectivity index (χ0n) is 11.5. The van der Waals surface area contributed by atoms with E-state index in [4.69, 9.17) is 5.11 Å². The lowest BCUT2D eigenvalue weighted by Gasteiger charge is -2.25. The zero-order chi connectivity index (χ0) is 14.3. The fourth-order valence-electron chi connectivity index (χ4n) is 2.01. The van der Waals surface area contributed by atoms with E-state index in [-0.39, 0.29) is 12.5 Å². The van der Waals surface area contributed by atoms with Crippen LogP contribution in [0.3, 0.4) is 0 Å². The Morgan fingerprint density at radius 3 is 2.42 bits per heavy atom. The smallest absolute Gasteiger partial charge is 0.304 e. The number of hydrogen-bond donors (Lipinski definition) is 1. The normalized spacial score (nSPS) is 12.1. The van der Waals surface area contributed by atoms with Crippen molar-refractivity contribution in [2.45, 2.75) is 32.7 Å². The fourth-order valence-corrected chi connectivity index (χ4v) is 2.01. The summed E-state index contributed by atoms with van der Waals surface area (Å²) < 4.78 is 0. The highest BCUT2D eigenvalue weighted by molar-refractivity contribution is 5.66. The first-order valence-corrected chi connectivity index (χ1v) is 6.56. The van der Waals surface area contributed by atoms with E-state index in [0.29, 0.717) is 13.1 Å². The number of carbonyl (C=O) groups is 1. The van der Waals surface area contributed by atoms with Gasteiger partial charge in [-0.05, 0) is 24.1 Å². The number of aryl methyl sites for hydroxylation is 1. The minimum absolute atomic E-state index is 0.0546. The Morgan fingerprint density at radius 2 is 2.00 bits per heavy atom. The lowest BCUT2D eigenvalue weighted by Crippen LogP contribution is -2.30. The molecule has 0 aliphatic rings. The van der Waals surface area contributed by atoms with Gasteiger partial charge in [-0.2, -0.15) is 5.26 Å². The van der Waals surface area contributed by atoms with E-state index in [1.54, 1.807) is 0 Å². The minimum atomic E-state index is -0.837. The monoisotopic (exact) mass is 260 g/mol. The van der Waals surface area contributed by atoms with Crippen molar-refractivity contribution in [3.05, 3.63) is 35.4 Å². The van der Waals surface area contributed by atoms with Crippen LogP contribution in [0.15, 0.2) is 24.3 Å². The van der Waals surface area contributed by atoms with Crippen LogP contribution in [-0.2, 0) is 11.2 Å². The Labute approximate surface area is 114 Å². The number of carboxylic acids is 1. The van der Waals surface area contributed by atoms with Gasteiger partial charge in [0.05, 0.1) is 12.5 Å². The van der Waals surface area contributed by atoms with Gasteiger partial charge in [0, 0.05) is 6.54 Å². The SMILES string of the molecule is CCc1ccc(C(C#N)N(CC)CCC(=O)O)cc1. The van der Waals surface area contributed by atoms with Gasteiger partial charge in [-0.15, -0.1) is 0 Å². The maximum Gasteiger partial charge on any atom is 0.304 e. The molecule has 0 saturated heterocycles.